The van der Waals surface area contributed by atoms with Crippen molar-refractivity contribution >= 4 is 0 Å². The summed E-state index contributed by atoms with van der Waals surface area (Å²) in [6.07, 6.45) is 2.36. The normalized spacial score (nSPS) is 15.6. The van der Waals surface area contributed by atoms with Crippen molar-refractivity contribution in [3.05, 3.63) is 60.2 Å². The lowest BCUT2D eigenvalue weighted by Gasteiger charge is -2.27. The van der Waals surface area contributed by atoms with Gasteiger partial charge >= 0.3 is 0 Å². The van der Waals surface area contributed by atoms with Gasteiger partial charge in [-0.25, -0.2) is 0 Å². The molecule has 1 heterocycles. The SMILES string of the molecule is c1ccc(Oc2ccc(CCCN3CCNCC3)cc2)cc1. The van der Waals surface area contributed by atoms with Gasteiger partial charge in [-0.05, 0) is 49.2 Å². The van der Waals surface area contributed by atoms with Gasteiger partial charge in [-0.1, -0.05) is 30.3 Å². The van der Waals surface area contributed by atoms with Crippen LogP contribution in [-0.4, -0.2) is 37.6 Å². The largest absolute Gasteiger partial charge is 0.457 e. The van der Waals surface area contributed by atoms with E-state index < -0.39 is 0 Å². The second kappa shape index (κ2) is 7.97. The number of aryl methyl sites for hydroxylation is 1. The first-order valence-corrected chi connectivity index (χ1v) is 8.15. The van der Waals surface area contributed by atoms with E-state index in [9.17, 15) is 0 Å². The van der Waals surface area contributed by atoms with Crippen LogP contribution in [0.4, 0.5) is 0 Å². The molecule has 0 radical (unpaired) electrons. The number of benzene rings is 2. The molecule has 0 aliphatic carbocycles. The van der Waals surface area contributed by atoms with Gasteiger partial charge in [0, 0.05) is 26.2 Å². The van der Waals surface area contributed by atoms with Crippen molar-refractivity contribution in [2.75, 3.05) is 32.7 Å². The summed E-state index contributed by atoms with van der Waals surface area (Å²) < 4.78 is 5.82. The lowest BCUT2D eigenvalue weighted by atomic mass is 10.1. The van der Waals surface area contributed by atoms with Crippen LogP contribution in [0.15, 0.2) is 54.6 Å². The van der Waals surface area contributed by atoms with Gasteiger partial charge in [0.05, 0.1) is 0 Å². The fraction of sp³-hybridized carbons (Fsp3) is 0.368. The van der Waals surface area contributed by atoms with Gasteiger partial charge in [-0.2, -0.15) is 0 Å². The Hall–Kier alpha value is -1.84. The number of ether oxygens (including phenoxy) is 1. The molecular weight excluding hydrogens is 272 g/mol. The smallest absolute Gasteiger partial charge is 0.127 e. The average molecular weight is 296 g/mol. The minimum Gasteiger partial charge on any atom is -0.457 e. The van der Waals surface area contributed by atoms with E-state index in [0.29, 0.717) is 0 Å². The van der Waals surface area contributed by atoms with E-state index >= 15 is 0 Å². The highest BCUT2D eigenvalue weighted by molar-refractivity contribution is 5.32. The molecule has 0 spiro atoms. The molecule has 0 atom stereocenters. The Balaban J connectivity index is 1.45. The molecule has 1 aliphatic heterocycles. The molecule has 3 heteroatoms. The van der Waals surface area contributed by atoms with Gasteiger partial charge < -0.3 is 15.0 Å². The first kappa shape index (κ1) is 15.1. The molecule has 0 bridgehead atoms. The number of hydrogen-bond acceptors (Lipinski definition) is 3. The number of hydrogen-bond donors (Lipinski definition) is 1. The molecule has 0 unspecified atom stereocenters. The van der Waals surface area contributed by atoms with Crippen molar-refractivity contribution in [3.8, 4) is 11.5 Å². The van der Waals surface area contributed by atoms with Gasteiger partial charge in [0.1, 0.15) is 11.5 Å². The van der Waals surface area contributed by atoms with Gasteiger partial charge in [-0.3, -0.25) is 0 Å². The third kappa shape index (κ3) is 4.58. The zero-order valence-electron chi connectivity index (χ0n) is 13.0. The van der Waals surface area contributed by atoms with Gasteiger partial charge in [0.15, 0.2) is 0 Å². The van der Waals surface area contributed by atoms with Crippen molar-refractivity contribution in [1.82, 2.24) is 10.2 Å². The van der Waals surface area contributed by atoms with E-state index in [0.717, 1.165) is 31.0 Å². The molecule has 2 aromatic carbocycles. The number of piperazine rings is 1. The van der Waals surface area contributed by atoms with E-state index in [1.54, 1.807) is 0 Å². The molecule has 116 valence electrons. The molecule has 3 nitrogen and oxygen atoms in total. The van der Waals surface area contributed by atoms with Crippen LogP contribution in [-0.2, 0) is 6.42 Å². The Morgan fingerprint density at radius 3 is 2.27 bits per heavy atom. The molecule has 1 aliphatic rings. The van der Waals surface area contributed by atoms with Gasteiger partial charge in [0.2, 0.25) is 0 Å². The third-order valence-corrected chi connectivity index (χ3v) is 4.05. The third-order valence-electron chi connectivity index (χ3n) is 4.05. The highest BCUT2D eigenvalue weighted by Crippen LogP contribution is 2.21. The van der Waals surface area contributed by atoms with Crippen LogP contribution >= 0.6 is 0 Å². The van der Waals surface area contributed by atoms with Crippen molar-refractivity contribution in [2.45, 2.75) is 12.8 Å². The molecule has 0 amide bonds. The highest BCUT2D eigenvalue weighted by atomic mass is 16.5. The summed E-state index contributed by atoms with van der Waals surface area (Å²) in [7, 11) is 0. The van der Waals surface area contributed by atoms with E-state index in [-0.39, 0.29) is 0 Å². The van der Waals surface area contributed by atoms with Crippen molar-refractivity contribution in [3.63, 3.8) is 0 Å². The van der Waals surface area contributed by atoms with Gasteiger partial charge in [0.25, 0.3) is 0 Å². The predicted octanol–water partition coefficient (Wildman–Crippen LogP) is 3.32. The summed E-state index contributed by atoms with van der Waals surface area (Å²) in [5.74, 6) is 1.78. The van der Waals surface area contributed by atoms with E-state index in [4.69, 9.17) is 4.74 Å². The minimum atomic E-state index is 0.883. The monoisotopic (exact) mass is 296 g/mol. The quantitative estimate of drug-likeness (QED) is 0.885. The van der Waals surface area contributed by atoms with Gasteiger partial charge in [-0.15, -0.1) is 0 Å². The van der Waals surface area contributed by atoms with Crippen LogP contribution in [0.3, 0.4) is 0 Å². The minimum absolute atomic E-state index is 0.883. The first-order valence-electron chi connectivity index (χ1n) is 8.15. The van der Waals surface area contributed by atoms with Crippen LogP contribution in [0, 0.1) is 0 Å². The van der Waals surface area contributed by atoms with Crippen molar-refractivity contribution < 1.29 is 4.74 Å². The highest BCUT2D eigenvalue weighted by Gasteiger charge is 2.08. The fourth-order valence-electron chi connectivity index (χ4n) is 2.79. The van der Waals surface area contributed by atoms with Crippen molar-refractivity contribution in [2.24, 2.45) is 0 Å². The summed E-state index contributed by atoms with van der Waals surface area (Å²) in [5.41, 5.74) is 1.38. The van der Waals surface area contributed by atoms with E-state index in [1.165, 1.54) is 31.6 Å². The average Bonchev–Trinajstić information content (AvgIpc) is 2.58. The van der Waals surface area contributed by atoms with Crippen LogP contribution < -0.4 is 10.1 Å². The summed E-state index contributed by atoms with van der Waals surface area (Å²) in [6.45, 7) is 5.83. The van der Waals surface area contributed by atoms with Crippen LogP contribution in [0.25, 0.3) is 0 Å². The summed E-state index contributed by atoms with van der Waals surface area (Å²) in [6, 6.07) is 18.4. The lowest BCUT2D eigenvalue weighted by Crippen LogP contribution is -2.43. The molecule has 0 aromatic heterocycles. The van der Waals surface area contributed by atoms with Crippen LogP contribution in [0.2, 0.25) is 0 Å². The van der Waals surface area contributed by atoms with E-state index in [2.05, 4.69) is 34.5 Å². The summed E-state index contributed by atoms with van der Waals surface area (Å²) >= 11 is 0. The Labute approximate surface area is 132 Å². The second-order valence-electron chi connectivity index (χ2n) is 5.75. The maximum atomic E-state index is 5.82. The number of para-hydroxylation sites is 1. The maximum absolute atomic E-state index is 5.82. The predicted molar refractivity (Wildman–Crippen MR) is 90.6 cm³/mol. The number of nitrogens with zero attached hydrogens (tertiary/aromatic N) is 1. The molecule has 1 N–H and O–H groups in total. The van der Waals surface area contributed by atoms with Crippen LogP contribution in [0.1, 0.15) is 12.0 Å². The molecular formula is C19H24N2O. The number of nitrogens with one attached hydrogen (secondary N) is 1. The second-order valence-corrected chi connectivity index (χ2v) is 5.75. The molecule has 3 rings (SSSR count). The molecule has 0 saturated carbocycles. The molecule has 2 aromatic rings. The summed E-state index contributed by atoms with van der Waals surface area (Å²) in [4.78, 5) is 2.55. The zero-order valence-corrected chi connectivity index (χ0v) is 13.0. The Morgan fingerprint density at radius 2 is 1.55 bits per heavy atom. The van der Waals surface area contributed by atoms with Crippen LogP contribution in [0.5, 0.6) is 11.5 Å². The van der Waals surface area contributed by atoms with E-state index in [1.807, 2.05) is 30.3 Å². The molecule has 1 fully saturated rings. The summed E-state index contributed by atoms with van der Waals surface area (Å²) in [5, 5.41) is 3.39. The number of rotatable bonds is 6. The molecule has 22 heavy (non-hydrogen) atoms. The Morgan fingerprint density at radius 1 is 0.864 bits per heavy atom. The standard InChI is InChI=1S/C19H24N2O/c1-2-6-18(7-3-1)22-19-10-8-17(9-11-19)5-4-14-21-15-12-20-13-16-21/h1-3,6-11,20H,4-5,12-16H2. The first-order chi connectivity index (χ1) is 10.9. The molecule has 1 saturated heterocycles. The van der Waals surface area contributed by atoms with Crippen molar-refractivity contribution in [1.29, 1.82) is 0 Å². The fourth-order valence-corrected chi connectivity index (χ4v) is 2.79. The lowest BCUT2D eigenvalue weighted by molar-refractivity contribution is 0.238. The Kier molecular flexibility index (Phi) is 5.46. The Bertz CT molecular complexity index is 547. The maximum Gasteiger partial charge on any atom is 0.127 e. The topological polar surface area (TPSA) is 24.5 Å². The zero-order chi connectivity index (χ0) is 15.0.